The first kappa shape index (κ1) is 16.4. The van der Waals surface area contributed by atoms with Crippen molar-refractivity contribution in [2.75, 3.05) is 0 Å². The molecule has 0 aromatic heterocycles. The molecule has 2 aliphatic rings. The van der Waals surface area contributed by atoms with Crippen LogP contribution >= 0.6 is 0 Å². The van der Waals surface area contributed by atoms with E-state index in [1.54, 1.807) is 17.1 Å². The molecule has 8 nitrogen and oxygen atoms in total. The number of nitro benzene ring substituents is 1. The van der Waals surface area contributed by atoms with Gasteiger partial charge in [0.2, 0.25) is 11.8 Å². The molecule has 2 aliphatic heterocycles. The summed E-state index contributed by atoms with van der Waals surface area (Å²) in [5.74, 6) is -1.23. The van der Waals surface area contributed by atoms with Crippen LogP contribution in [0.3, 0.4) is 0 Å². The summed E-state index contributed by atoms with van der Waals surface area (Å²) in [7, 11) is 0. The van der Waals surface area contributed by atoms with Crippen LogP contribution in [-0.4, -0.2) is 27.8 Å². The molecule has 0 spiro atoms. The minimum Gasteiger partial charge on any atom is -0.295 e. The number of nitrogens with one attached hydrogen (secondary N) is 2. The Balaban J connectivity index is 1.64. The van der Waals surface area contributed by atoms with Gasteiger partial charge >= 0.3 is 0 Å². The summed E-state index contributed by atoms with van der Waals surface area (Å²) >= 11 is 0. The molecule has 26 heavy (non-hydrogen) atoms. The van der Waals surface area contributed by atoms with E-state index in [0.717, 1.165) is 11.1 Å². The van der Waals surface area contributed by atoms with Crippen molar-refractivity contribution in [2.24, 2.45) is 5.92 Å². The summed E-state index contributed by atoms with van der Waals surface area (Å²) in [6, 6.07) is 14.7. The fourth-order valence-corrected chi connectivity index (χ4v) is 3.60. The van der Waals surface area contributed by atoms with Gasteiger partial charge in [0.05, 0.1) is 16.9 Å². The molecule has 0 aliphatic carbocycles. The highest BCUT2D eigenvalue weighted by Gasteiger charge is 2.54. The molecule has 2 amide bonds. The molecule has 132 valence electrons. The van der Waals surface area contributed by atoms with Gasteiger partial charge in [0, 0.05) is 18.7 Å². The average Bonchev–Trinajstić information content (AvgIpc) is 3.15. The highest BCUT2D eigenvalue weighted by Crippen LogP contribution is 2.37. The second-order valence-corrected chi connectivity index (χ2v) is 6.39. The molecule has 3 unspecified atom stereocenters. The third-order valence-electron chi connectivity index (χ3n) is 4.82. The van der Waals surface area contributed by atoms with Gasteiger partial charge in [-0.25, -0.2) is 10.4 Å². The number of nitro groups is 1. The number of non-ortho nitro benzene ring substituents is 1. The van der Waals surface area contributed by atoms with Crippen LogP contribution in [0.1, 0.15) is 17.2 Å². The zero-order valence-electron chi connectivity index (χ0n) is 13.7. The maximum Gasteiger partial charge on any atom is 0.269 e. The van der Waals surface area contributed by atoms with Crippen molar-refractivity contribution in [2.45, 2.75) is 18.6 Å². The van der Waals surface area contributed by atoms with E-state index in [4.69, 9.17) is 0 Å². The molecule has 2 N–H and O–H groups in total. The second kappa shape index (κ2) is 6.32. The van der Waals surface area contributed by atoms with Gasteiger partial charge in [0.1, 0.15) is 6.04 Å². The number of carbonyl (C=O) groups is 2. The van der Waals surface area contributed by atoms with Crippen LogP contribution in [0.15, 0.2) is 54.6 Å². The van der Waals surface area contributed by atoms with E-state index in [9.17, 15) is 19.7 Å². The number of imide groups is 1. The van der Waals surface area contributed by atoms with Crippen molar-refractivity contribution in [3.8, 4) is 0 Å². The zero-order chi connectivity index (χ0) is 18.3. The summed E-state index contributed by atoms with van der Waals surface area (Å²) < 4.78 is 0. The lowest BCUT2D eigenvalue weighted by atomic mass is 9.91. The molecule has 2 saturated heterocycles. The Morgan fingerprint density at radius 3 is 2.35 bits per heavy atom. The Morgan fingerprint density at radius 2 is 1.69 bits per heavy atom. The third kappa shape index (κ3) is 2.75. The molecule has 4 rings (SSSR count). The lowest BCUT2D eigenvalue weighted by molar-refractivity contribution is -0.384. The van der Waals surface area contributed by atoms with Gasteiger partial charge in [-0.1, -0.05) is 42.5 Å². The van der Waals surface area contributed by atoms with Crippen LogP contribution in [0.2, 0.25) is 0 Å². The molecule has 0 radical (unpaired) electrons. The number of rotatable bonds is 4. The normalized spacial score (nSPS) is 25.2. The lowest BCUT2D eigenvalue weighted by Crippen LogP contribution is -2.43. The Hall–Kier alpha value is -3.10. The Morgan fingerprint density at radius 1 is 1.00 bits per heavy atom. The average molecular weight is 352 g/mol. The number of hydrogen-bond donors (Lipinski definition) is 2. The Kier molecular flexibility index (Phi) is 3.98. The number of fused-ring (bicyclic) bond motifs is 1. The van der Waals surface area contributed by atoms with Gasteiger partial charge in [0.15, 0.2) is 0 Å². The molecular formula is C18H16N4O4. The van der Waals surface area contributed by atoms with Crippen molar-refractivity contribution < 1.29 is 14.5 Å². The molecule has 0 bridgehead atoms. The van der Waals surface area contributed by atoms with Gasteiger partial charge in [-0.3, -0.25) is 25.0 Å². The number of carbonyl (C=O) groups excluding carboxylic acids is 2. The molecule has 2 heterocycles. The minimum atomic E-state index is -0.608. The number of hydrogen-bond acceptors (Lipinski definition) is 6. The first-order valence-electron chi connectivity index (χ1n) is 8.20. The van der Waals surface area contributed by atoms with Crippen molar-refractivity contribution in [1.29, 1.82) is 0 Å². The Labute approximate surface area is 148 Å². The summed E-state index contributed by atoms with van der Waals surface area (Å²) in [5, 5.41) is 15.0. The zero-order valence-corrected chi connectivity index (χ0v) is 13.7. The van der Waals surface area contributed by atoms with Gasteiger partial charge in [-0.05, 0) is 11.1 Å². The predicted octanol–water partition coefficient (Wildman–Crippen LogP) is 1.30. The molecule has 2 aromatic rings. The summed E-state index contributed by atoms with van der Waals surface area (Å²) in [5.41, 5.74) is 4.97. The van der Waals surface area contributed by atoms with Gasteiger partial charge in [-0.2, -0.15) is 0 Å². The fourth-order valence-electron chi connectivity index (χ4n) is 3.60. The monoisotopic (exact) mass is 352 g/mol. The quantitative estimate of drug-likeness (QED) is 0.488. The van der Waals surface area contributed by atoms with E-state index in [1.807, 2.05) is 30.3 Å². The lowest BCUT2D eigenvalue weighted by Gasteiger charge is -2.22. The smallest absolute Gasteiger partial charge is 0.269 e. The third-order valence-corrected chi connectivity index (χ3v) is 4.82. The molecule has 0 saturated carbocycles. The fraction of sp³-hybridized carbons (Fsp3) is 0.222. The molecular weight excluding hydrogens is 336 g/mol. The van der Waals surface area contributed by atoms with Crippen LogP contribution in [-0.2, 0) is 16.1 Å². The topological polar surface area (TPSA) is 105 Å². The van der Waals surface area contributed by atoms with Crippen LogP contribution in [0.4, 0.5) is 5.69 Å². The van der Waals surface area contributed by atoms with Gasteiger partial charge in [0.25, 0.3) is 5.69 Å². The minimum absolute atomic E-state index is 0.0172. The van der Waals surface area contributed by atoms with Crippen molar-refractivity contribution >= 4 is 17.5 Å². The van der Waals surface area contributed by atoms with Crippen molar-refractivity contribution in [3.05, 3.63) is 75.8 Å². The Bertz CT molecular complexity index is 869. The van der Waals surface area contributed by atoms with Gasteiger partial charge in [-0.15, -0.1) is 0 Å². The molecule has 2 aromatic carbocycles. The van der Waals surface area contributed by atoms with Crippen molar-refractivity contribution in [3.63, 3.8) is 0 Å². The van der Waals surface area contributed by atoms with Crippen LogP contribution in [0.5, 0.6) is 0 Å². The first-order valence-corrected chi connectivity index (χ1v) is 8.20. The summed E-state index contributed by atoms with van der Waals surface area (Å²) in [6.45, 7) is 0.464. The van der Waals surface area contributed by atoms with E-state index in [-0.39, 0.29) is 17.5 Å². The highest BCUT2D eigenvalue weighted by molar-refractivity contribution is 6.07. The highest BCUT2D eigenvalue weighted by atomic mass is 16.6. The van der Waals surface area contributed by atoms with E-state index in [2.05, 4.69) is 10.7 Å². The van der Waals surface area contributed by atoms with E-state index < -0.39 is 22.9 Å². The SMILES string of the molecule is O=C1NC(=O)C2C1C(c1ccc([N+](=O)[O-])cc1)NN2Cc1ccccc1. The maximum atomic E-state index is 12.3. The predicted molar refractivity (Wildman–Crippen MR) is 91.4 cm³/mol. The standard InChI is InChI=1S/C18H16N4O4/c23-17-14-15(12-6-8-13(9-7-12)22(25)26)20-21(16(14)18(24)19-17)10-11-4-2-1-3-5-11/h1-9,14-16,20H,10H2,(H,19,23,24). The largest absolute Gasteiger partial charge is 0.295 e. The van der Waals surface area contributed by atoms with E-state index in [1.165, 1.54) is 12.1 Å². The molecule has 3 atom stereocenters. The molecule has 2 fully saturated rings. The van der Waals surface area contributed by atoms with Crippen LogP contribution < -0.4 is 10.7 Å². The van der Waals surface area contributed by atoms with Crippen LogP contribution in [0.25, 0.3) is 0 Å². The summed E-state index contributed by atoms with van der Waals surface area (Å²) in [6.07, 6.45) is 0. The number of hydrazine groups is 1. The van der Waals surface area contributed by atoms with E-state index in [0.29, 0.717) is 6.54 Å². The maximum absolute atomic E-state index is 12.3. The number of benzene rings is 2. The van der Waals surface area contributed by atoms with Gasteiger partial charge < -0.3 is 0 Å². The van der Waals surface area contributed by atoms with Crippen LogP contribution in [0, 0.1) is 16.0 Å². The van der Waals surface area contributed by atoms with E-state index >= 15 is 0 Å². The number of amides is 2. The summed E-state index contributed by atoms with van der Waals surface area (Å²) in [4.78, 5) is 35.0. The van der Waals surface area contributed by atoms with Crippen molar-refractivity contribution in [1.82, 2.24) is 15.8 Å². The first-order chi connectivity index (χ1) is 12.5. The second-order valence-electron chi connectivity index (χ2n) is 6.39. The number of nitrogens with zero attached hydrogens (tertiary/aromatic N) is 2. The molecule has 8 heteroatoms.